The second kappa shape index (κ2) is 8.41. The topological polar surface area (TPSA) is 57.0 Å². The van der Waals surface area contributed by atoms with Gasteiger partial charge in [-0.15, -0.1) is 5.10 Å². The smallest absolute Gasteiger partial charge is 0.302 e. The minimum Gasteiger partial charge on any atom is -0.465 e. The molecule has 0 spiro atoms. The van der Waals surface area contributed by atoms with Gasteiger partial charge in [0.25, 0.3) is 0 Å². The van der Waals surface area contributed by atoms with Gasteiger partial charge in [0.05, 0.1) is 5.69 Å². The molecule has 0 aliphatic rings. The normalized spacial score (nSPS) is 10.5. The second-order valence-corrected chi connectivity index (χ2v) is 5.98. The Morgan fingerprint density at radius 1 is 1.53 bits per heavy atom. The molecule has 17 heavy (non-hydrogen) atoms. The van der Waals surface area contributed by atoms with Gasteiger partial charge in [0.1, 0.15) is 6.61 Å². The van der Waals surface area contributed by atoms with E-state index in [-0.39, 0.29) is 5.97 Å². The number of aryl methyl sites for hydroxylation is 1. The predicted molar refractivity (Wildman–Crippen MR) is 70.7 cm³/mol. The van der Waals surface area contributed by atoms with Gasteiger partial charge >= 0.3 is 5.97 Å². The zero-order valence-corrected chi connectivity index (χ0v) is 11.7. The van der Waals surface area contributed by atoms with Gasteiger partial charge in [-0.25, -0.2) is 0 Å². The number of nitrogens with zero attached hydrogens (tertiary/aromatic N) is 3. The molecular formula is C10H17N3O2S2. The van der Waals surface area contributed by atoms with Crippen LogP contribution >= 0.6 is 21.6 Å². The van der Waals surface area contributed by atoms with Gasteiger partial charge in [0.2, 0.25) is 0 Å². The Balaban J connectivity index is 2.07. The van der Waals surface area contributed by atoms with Gasteiger partial charge < -0.3 is 4.74 Å². The van der Waals surface area contributed by atoms with Crippen molar-refractivity contribution in [2.24, 2.45) is 0 Å². The van der Waals surface area contributed by atoms with Crippen LogP contribution in [0.2, 0.25) is 0 Å². The molecule has 5 nitrogen and oxygen atoms in total. The molecule has 0 bridgehead atoms. The first-order valence-corrected chi connectivity index (χ1v) is 7.98. The van der Waals surface area contributed by atoms with E-state index in [9.17, 15) is 4.79 Å². The average molecular weight is 275 g/mol. The van der Waals surface area contributed by atoms with Crippen molar-refractivity contribution >= 4 is 27.6 Å². The van der Waals surface area contributed by atoms with Crippen molar-refractivity contribution < 1.29 is 9.53 Å². The van der Waals surface area contributed by atoms with E-state index in [4.69, 9.17) is 4.74 Å². The molecular weight excluding hydrogens is 258 g/mol. The molecule has 7 heteroatoms. The molecule has 0 unspecified atom stereocenters. The Morgan fingerprint density at radius 2 is 2.35 bits per heavy atom. The Labute approximate surface area is 109 Å². The van der Waals surface area contributed by atoms with Gasteiger partial charge in [0.15, 0.2) is 0 Å². The van der Waals surface area contributed by atoms with Crippen molar-refractivity contribution in [1.29, 1.82) is 0 Å². The largest absolute Gasteiger partial charge is 0.465 e. The number of aromatic nitrogens is 3. The summed E-state index contributed by atoms with van der Waals surface area (Å²) in [4.78, 5) is 10.5. The number of ether oxygens (including phenoxy) is 1. The first kappa shape index (κ1) is 14.4. The molecule has 0 amide bonds. The maximum Gasteiger partial charge on any atom is 0.302 e. The molecule has 0 aliphatic heterocycles. The fourth-order valence-electron chi connectivity index (χ4n) is 1.12. The lowest BCUT2D eigenvalue weighted by atomic mass is 10.5. The van der Waals surface area contributed by atoms with Gasteiger partial charge in [0, 0.05) is 31.2 Å². The van der Waals surface area contributed by atoms with Crippen molar-refractivity contribution in [3.8, 4) is 0 Å². The SMILES string of the molecule is CCCn1cc(CSSCCOC(C)=O)nn1. The van der Waals surface area contributed by atoms with Gasteiger partial charge in [-0.3, -0.25) is 9.48 Å². The lowest BCUT2D eigenvalue weighted by molar-refractivity contribution is -0.140. The zero-order valence-electron chi connectivity index (χ0n) is 10.1. The lowest BCUT2D eigenvalue weighted by Crippen LogP contribution is -2.01. The molecule has 0 saturated carbocycles. The van der Waals surface area contributed by atoms with Crippen molar-refractivity contribution in [1.82, 2.24) is 15.0 Å². The molecule has 0 aromatic carbocycles. The molecule has 96 valence electrons. The summed E-state index contributed by atoms with van der Waals surface area (Å²) in [6.45, 7) is 4.91. The van der Waals surface area contributed by atoms with Crippen LogP contribution < -0.4 is 0 Å². The Kier molecular flexibility index (Phi) is 7.11. The van der Waals surface area contributed by atoms with Crippen LogP contribution in [0.1, 0.15) is 26.0 Å². The zero-order chi connectivity index (χ0) is 12.5. The molecule has 0 fully saturated rings. The highest BCUT2D eigenvalue weighted by atomic mass is 33.1. The summed E-state index contributed by atoms with van der Waals surface area (Å²) in [5.41, 5.74) is 0.989. The van der Waals surface area contributed by atoms with Crippen molar-refractivity contribution in [2.75, 3.05) is 12.4 Å². The van der Waals surface area contributed by atoms with E-state index in [0.29, 0.717) is 6.61 Å². The summed E-state index contributed by atoms with van der Waals surface area (Å²) >= 11 is 0. The summed E-state index contributed by atoms with van der Waals surface area (Å²) in [6, 6.07) is 0. The maximum atomic E-state index is 10.5. The van der Waals surface area contributed by atoms with Crippen LogP contribution in [-0.4, -0.2) is 33.3 Å². The lowest BCUT2D eigenvalue weighted by Gasteiger charge is -2.00. The second-order valence-electron chi connectivity index (χ2n) is 3.40. The summed E-state index contributed by atoms with van der Waals surface area (Å²) in [5.74, 6) is 1.40. The molecule has 1 heterocycles. The minimum absolute atomic E-state index is 0.224. The van der Waals surface area contributed by atoms with E-state index in [1.165, 1.54) is 6.92 Å². The molecule has 1 aromatic heterocycles. The summed E-state index contributed by atoms with van der Waals surface area (Å²) < 4.78 is 6.69. The highest BCUT2D eigenvalue weighted by Gasteiger charge is 2.01. The summed E-state index contributed by atoms with van der Waals surface area (Å²) in [5, 5.41) is 8.09. The number of hydrogen-bond acceptors (Lipinski definition) is 6. The highest BCUT2D eigenvalue weighted by molar-refractivity contribution is 8.76. The van der Waals surface area contributed by atoms with Crippen LogP contribution in [0.5, 0.6) is 0 Å². The third-order valence-electron chi connectivity index (χ3n) is 1.80. The van der Waals surface area contributed by atoms with E-state index >= 15 is 0 Å². The van der Waals surface area contributed by atoms with E-state index in [0.717, 1.165) is 30.2 Å². The molecule has 1 rings (SSSR count). The molecule has 0 atom stereocenters. The maximum absolute atomic E-state index is 10.5. The van der Waals surface area contributed by atoms with Crippen molar-refractivity contribution in [3.63, 3.8) is 0 Å². The summed E-state index contributed by atoms with van der Waals surface area (Å²) in [6.07, 6.45) is 3.04. The van der Waals surface area contributed by atoms with E-state index in [2.05, 4.69) is 17.2 Å². The fraction of sp³-hybridized carbons (Fsp3) is 0.700. The Hall–Kier alpha value is -0.690. The van der Waals surface area contributed by atoms with Crippen molar-refractivity contribution in [3.05, 3.63) is 11.9 Å². The van der Waals surface area contributed by atoms with Crippen LogP contribution in [0, 0.1) is 0 Å². The molecule has 1 aromatic rings. The number of hydrogen-bond donors (Lipinski definition) is 0. The van der Waals surface area contributed by atoms with Gasteiger partial charge in [-0.2, -0.15) is 0 Å². The molecule has 0 aliphatic carbocycles. The Bertz CT molecular complexity index is 344. The first-order valence-electron chi connectivity index (χ1n) is 5.49. The van der Waals surface area contributed by atoms with Crippen LogP contribution in [-0.2, 0) is 21.8 Å². The van der Waals surface area contributed by atoms with Crippen LogP contribution in [0.4, 0.5) is 0 Å². The van der Waals surface area contributed by atoms with Gasteiger partial charge in [-0.1, -0.05) is 33.7 Å². The molecule has 0 radical (unpaired) electrons. The third kappa shape index (κ3) is 6.58. The van der Waals surface area contributed by atoms with E-state index < -0.39 is 0 Å². The number of esters is 1. The number of carbonyl (C=O) groups is 1. The predicted octanol–water partition coefficient (Wildman–Crippen LogP) is 2.13. The average Bonchev–Trinajstić information content (AvgIpc) is 2.71. The van der Waals surface area contributed by atoms with Crippen LogP contribution in [0.15, 0.2) is 6.20 Å². The first-order chi connectivity index (χ1) is 8.22. The van der Waals surface area contributed by atoms with E-state index in [1.807, 2.05) is 10.9 Å². The Morgan fingerprint density at radius 3 is 3.06 bits per heavy atom. The summed E-state index contributed by atoms with van der Waals surface area (Å²) in [7, 11) is 3.37. The number of carbonyl (C=O) groups excluding carboxylic acids is 1. The minimum atomic E-state index is -0.224. The van der Waals surface area contributed by atoms with Gasteiger partial charge in [-0.05, 0) is 6.42 Å². The quantitative estimate of drug-likeness (QED) is 0.411. The monoisotopic (exact) mass is 275 g/mol. The molecule has 0 N–H and O–H groups in total. The molecule has 0 saturated heterocycles. The van der Waals surface area contributed by atoms with Crippen LogP contribution in [0.25, 0.3) is 0 Å². The third-order valence-corrected chi connectivity index (χ3v) is 4.07. The number of rotatable bonds is 8. The fourth-order valence-corrected chi connectivity index (χ4v) is 2.90. The van der Waals surface area contributed by atoms with Crippen LogP contribution in [0.3, 0.4) is 0 Å². The highest BCUT2D eigenvalue weighted by Crippen LogP contribution is 2.24. The standard InChI is InChI=1S/C10H17N3O2S2/c1-3-4-13-7-10(11-12-13)8-17-16-6-5-15-9(2)14/h7H,3-6,8H2,1-2H3. The van der Waals surface area contributed by atoms with E-state index in [1.54, 1.807) is 21.6 Å². The van der Waals surface area contributed by atoms with Crippen molar-refractivity contribution in [2.45, 2.75) is 32.6 Å².